The van der Waals surface area contributed by atoms with Crippen LogP contribution in [0, 0.1) is 11.8 Å². The Balaban J connectivity index is 2.13. The molecule has 6 nitrogen and oxygen atoms in total. The molecule has 114 valence electrons. The summed E-state index contributed by atoms with van der Waals surface area (Å²) >= 11 is 0. The Hall–Kier alpha value is -1.30. The second kappa shape index (κ2) is 6.43. The predicted molar refractivity (Wildman–Crippen MR) is 71.0 cm³/mol. The summed E-state index contributed by atoms with van der Waals surface area (Å²) in [5.41, 5.74) is 0. The molecule has 1 N–H and O–H groups in total. The molecule has 0 radical (unpaired) electrons. The monoisotopic (exact) mass is 285 g/mol. The summed E-state index contributed by atoms with van der Waals surface area (Å²) in [6, 6.07) is -0.589. The van der Waals surface area contributed by atoms with Crippen molar-refractivity contribution in [3.05, 3.63) is 0 Å². The molecule has 20 heavy (non-hydrogen) atoms. The molecule has 1 unspecified atom stereocenters. The minimum atomic E-state index is -0.589. The molecular formula is C14H23NO5. The van der Waals surface area contributed by atoms with Crippen molar-refractivity contribution in [2.24, 2.45) is 11.8 Å². The van der Waals surface area contributed by atoms with E-state index < -0.39 is 12.1 Å². The first kappa shape index (κ1) is 15.1. The predicted octanol–water partition coefficient (Wildman–Crippen LogP) is 1.17. The first-order chi connectivity index (χ1) is 9.56. The molecule has 1 saturated carbocycles. The molecule has 1 aliphatic carbocycles. The normalized spacial score (nSPS) is 33.2. The van der Waals surface area contributed by atoms with Gasteiger partial charge in [-0.15, -0.1) is 0 Å². The average molecular weight is 285 g/mol. The summed E-state index contributed by atoms with van der Waals surface area (Å²) in [5, 5.41) is 9.78. The molecular weight excluding hydrogens is 262 g/mol. The van der Waals surface area contributed by atoms with E-state index >= 15 is 0 Å². The minimum absolute atomic E-state index is 0.272. The van der Waals surface area contributed by atoms with Gasteiger partial charge in [0.1, 0.15) is 6.04 Å². The Morgan fingerprint density at radius 1 is 1.25 bits per heavy atom. The second-order valence-electron chi connectivity index (χ2n) is 5.61. The van der Waals surface area contributed by atoms with Gasteiger partial charge in [-0.1, -0.05) is 0 Å². The molecule has 0 aromatic heterocycles. The van der Waals surface area contributed by atoms with Gasteiger partial charge in [0.05, 0.1) is 19.8 Å². The van der Waals surface area contributed by atoms with Crippen LogP contribution in [0.25, 0.3) is 0 Å². The fourth-order valence-electron chi connectivity index (χ4n) is 3.41. The topological polar surface area (TPSA) is 76.1 Å². The molecule has 1 saturated heterocycles. The van der Waals surface area contributed by atoms with Crippen LogP contribution in [-0.4, -0.2) is 54.5 Å². The first-order valence-electron chi connectivity index (χ1n) is 7.26. The number of rotatable bonds is 2. The van der Waals surface area contributed by atoms with Crippen LogP contribution in [0.15, 0.2) is 0 Å². The number of aliphatic hydroxyl groups is 1. The van der Waals surface area contributed by atoms with Crippen LogP contribution < -0.4 is 0 Å². The molecule has 2 fully saturated rings. The Morgan fingerprint density at radius 2 is 2.00 bits per heavy atom. The van der Waals surface area contributed by atoms with Gasteiger partial charge in [-0.2, -0.15) is 0 Å². The fraction of sp³-hybridized carbons (Fsp3) is 0.857. The average Bonchev–Trinajstić information content (AvgIpc) is 2.45. The third-order valence-corrected chi connectivity index (χ3v) is 4.41. The Labute approximate surface area is 119 Å². The zero-order valence-electron chi connectivity index (χ0n) is 12.1. The van der Waals surface area contributed by atoms with Crippen molar-refractivity contribution in [1.82, 2.24) is 4.90 Å². The van der Waals surface area contributed by atoms with Crippen LogP contribution in [0.2, 0.25) is 0 Å². The molecule has 0 spiro atoms. The van der Waals surface area contributed by atoms with Gasteiger partial charge in [-0.05, 0) is 44.4 Å². The lowest BCUT2D eigenvalue weighted by atomic mass is 9.72. The third-order valence-electron chi connectivity index (χ3n) is 4.41. The van der Waals surface area contributed by atoms with Gasteiger partial charge in [0.15, 0.2) is 0 Å². The molecule has 0 bridgehead atoms. The van der Waals surface area contributed by atoms with Gasteiger partial charge in [0.25, 0.3) is 0 Å². The van der Waals surface area contributed by atoms with Crippen LogP contribution in [0.1, 0.15) is 32.6 Å². The van der Waals surface area contributed by atoms with Crippen LogP contribution >= 0.6 is 0 Å². The second-order valence-corrected chi connectivity index (χ2v) is 5.61. The number of fused-ring (bicyclic) bond motifs is 1. The number of ether oxygens (including phenoxy) is 2. The van der Waals surface area contributed by atoms with Crippen molar-refractivity contribution in [2.75, 3.05) is 20.3 Å². The van der Waals surface area contributed by atoms with Crippen LogP contribution in [0.3, 0.4) is 0 Å². The number of hydrogen-bond donors (Lipinski definition) is 1. The smallest absolute Gasteiger partial charge is 0.410 e. The van der Waals surface area contributed by atoms with Crippen LogP contribution in [0.4, 0.5) is 4.79 Å². The number of esters is 1. The van der Waals surface area contributed by atoms with E-state index in [1.54, 1.807) is 6.92 Å². The fourth-order valence-corrected chi connectivity index (χ4v) is 3.41. The number of carbonyl (C=O) groups excluding carboxylic acids is 2. The Kier molecular flexibility index (Phi) is 4.86. The standard InChI is InChI=1S/C14H23NO5/c1-3-20-13(17)12-7-10-6-11(16)5-4-9(10)8-15(12)14(18)19-2/h9-12,16H,3-8H2,1-2H3/t9-,10+,11?,12+/m0/s1. The van der Waals surface area contributed by atoms with Crippen molar-refractivity contribution >= 4 is 12.1 Å². The first-order valence-corrected chi connectivity index (χ1v) is 7.26. The van der Waals surface area contributed by atoms with E-state index in [4.69, 9.17) is 9.47 Å². The van der Waals surface area contributed by atoms with E-state index in [1.165, 1.54) is 12.0 Å². The number of piperidine rings is 1. The lowest BCUT2D eigenvalue weighted by Crippen LogP contribution is -2.55. The highest BCUT2D eigenvalue weighted by Gasteiger charge is 2.44. The van der Waals surface area contributed by atoms with Crippen LogP contribution in [-0.2, 0) is 14.3 Å². The van der Waals surface area contributed by atoms with Gasteiger partial charge in [-0.3, -0.25) is 4.90 Å². The van der Waals surface area contributed by atoms with E-state index in [2.05, 4.69) is 0 Å². The molecule has 2 rings (SSSR count). The minimum Gasteiger partial charge on any atom is -0.464 e. The Morgan fingerprint density at radius 3 is 2.65 bits per heavy atom. The number of hydrogen-bond acceptors (Lipinski definition) is 5. The van der Waals surface area contributed by atoms with Crippen molar-refractivity contribution in [3.63, 3.8) is 0 Å². The lowest BCUT2D eigenvalue weighted by molar-refractivity contribution is -0.152. The molecule has 0 aromatic rings. The number of likely N-dealkylation sites (tertiary alicyclic amines) is 1. The number of methoxy groups -OCH3 is 1. The maximum absolute atomic E-state index is 12.1. The number of carbonyl (C=O) groups is 2. The van der Waals surface area contributed by atoms with E-state index in [0.717, 1.165) is 12.8 Å². The number of aliphatic hydroxyl groups excluding tert-OH is 1. The summed E-state index contributed by atoms with van der Waals surface area (Å²) in [5.74, 6) is 0.230. The highest BCUT2D eigenvalue weighted by atomic mass is 16.6. The molecule has 6 heteroatoms. The van der Waals surface area contributed by atoms with Crippen LogP contribution in [0.5, 0.6) is 0 Å². The van der Waals surface area contributed by atoms with Gasteiger partial charge in [-0.25, -0.2) is 9.59 Å². The quantitative estimate of drug-likeness (QED) is 0.771. The van der Waals surface area contributed by atoms with Crippen molar-refractivity contribution in [2.45, 2.75) is 44.8 Å². The number of nitrogens with zero attached hydrogens (tertiary/aromatic N) is 1. The zero-order valence-corrected chi connectivity index (χ0v) is 12.1. The van der Waals surface area contributed by atoms with E-state index in [0.29, 0.717) is 31.9 Å². The highest BCUT2D eigenvalue weighted by molar-refractivity contribution is 5.81. The summed E-state index contributed by atoms with van der Waals surface area (Å²) in [6.07, 6.45) is 2.14. The van der Waals surface area contributed by atoms with E-state index in [9.17, 15) is 14.7 Å². The molecule has 4 atom stereocenters. The van der Waals surface area contributed by atoms with Gasteiger partial charge in [0, 0.05) is 6.54 Å². The number of amides is 1. The molecule has 1 amide bonds. The van der Waals surface area contributed by atoms with Crippen molar-refractivity contribution in [1.29, 1.82) is 0 Å². The van der Waals surface area contributed by atoms with Crippen molar-refractivity contribution < 1.29 is 24.2 Å². The third kappa shape index (κ3) is 3.06. The molecule has 0 aromatic carbocycles. The summed E-state index contributed by atoms with van der Waals surface area (Å²) in [7, 11) is 1.32. The molecule has 2 aliphatic rings. The van der Waals surface area contributed by atoms with E-state index in [-0.39, 0.29) is 18.0 Å². The molecule has 1 aliphatic heterocycles. The van der Waals surface area contributed by atoms with Gasteiger partial charge < -0.3 is 14.6 Å². The summed E-state index contributed by atoms with van der Waals surface area (Å²) in [4.78, 5) is 25.4. The SMILES string of the molecule is CCOC(=O)[C@H]1C[C@H]2CC(O)CC[C@H]2CN1C(=O)OC. The Bertz CT molecular complexity index is 373. The highest BCUT2D eigenvalue weighted by Crippen LogP contribution is 2.39. The zero-order chi connectivity index (χ0) is 14.7. The largest absolute Gasteiger partial charge is 0.464 e. The van der Waals surface area contributed by atoms with Crippen molar-refractivity contribution in [3.8, 4) is 0 Å². The van der Waals surface area contributed by atoms with Gasteiger partial charge >= 0.3 is 12.1 Å². The van der Waals surface area contributed by atoms with E-state index in [1.807, 2.05) is 0 Å². The molecule has 1 heterocycles. The maximum Gasteiger partial charge on any atom is 0.410 e. The summed E-state index contributed by atoms with van der Waals surface area (Å²) in [6.45, 7) is 2.55. The van der Waals surface area contributed by atoms with Gasteiger partial charge in [0.2, 0.25) is 0 Å². The maximum atomic E-state index is 12.1. The summed E-state index contributed by atoms with van der Waals surface area (Å²) < 4.78 is 9.84. The lowest BCUT2D eigenvalue weighted by Gasteiger charge is -2.45.